The van der Waals surface area contributed by atoms with Gasteiger partial charge >= 0.3 is 5.97 Å². The van der Waals surface area contributed by atoms with Crippen LogP contribution in [0.15, 0.2) is 64.9 Å². The minimum absolute atomic E-state index is 0.0872. The quantitative estimate of drug-likeness (QED) is 0.279. The van der Waals surface area contributed by atoms with Crippen LogP contribution in [-0.4, -0.2) is 46.4 Å². The van der Waals surface area contributed by atoms with Gasteiger partial charge in [0, 0.05) is 30.2 Å². The Morgan fingerprint density at radius 2 is 1.82 bits per heavy atom. The number of nitrogens with zero attached hydrogens (tertiary/aromatic N) is 3. The van der Waals surface area contributed by atoms with Crippen molar-refractivity contribution in [3.63, 3.8) is 0 Å². The molecule has 0 atom stereocenters. The van der Waals surface area contributed by atoms with Gasteiger partial charge in [-0.1, -0.05) is 41.4 Å². The third-order valence-electron chi connectivity index (χ3n) is 4.88. The van der Waals surface area contributed by atoms with Gasteiger partial charge in [0.25, 0.3) is 5.91 Å². The molecule has 2 aromatic rings. The van der Waals surface area contributed by atoms with E-state index in [4.69, 9.17) is 27.9 Å². The van der Waals surface area contributed by atoms with Crippen molar-refractivity contribution in [2.24, 2.45) is 4.99 Å². The molecule has 2 heterocycles. The third-order valence-corrected chi connectivity index (χ3v) is 5.45. The first kappa shape index (κ1) is 22.4. The minimum Gasteiger partial charge on any atom is -0.422 e. The fourth-order valence-corrected chi connectivity index (χ4v) is 3.78. The summed E-state index contributed by atoms with van der Waals surface area (Å²) >= 11 is 12.2. The van der Waals surface area contributed by atoms with Crippen LogP contribution in [0.1, 0.15) is 22.8 Å². The number of Topliss-reactive ketones (excluding diaryl/α,β-unsaturated/α-hetero) is 1. The molecule has 33 heavy (non-hydrogen) atoms. The number of hydrogen-bond acceptors (Lipinski definition) is 5. The van der Waals surface area contributed by atoms with Crippen LogP contribution in [0.4, 0.5) is 0 Å². The summed E-state index contributed by atoms with van der Waals surface area (Å²) in [5.41, 5.74) is 0.401. The lowest BCUT2D eigenvalue weighted by Gasteiger charge is -2.19. The van der Waals surface area contributed by atoms with Gasteiger partial charge in [-0.15, -0.1) is 0 Å². The number of benzene rings is 2. The highest BCUT2D eigenvalue weighted by Crippen LogP contribution is 2.31. The number of halogens is 2. The molecule has 2 aliphatic rings. The molecule has 2 amide bonds. The molecule has 2 aromatic carbocycles. The van der Waals surface area contributed by atoms with Crippen LogP contribution in [0.3, 0.4) is 0 Å². The highest BCUT2D eigenvalue weighted by atomic mass is 35.5. The van der Waals surface area contributed by atoms with Crippen molar-refractivity contribution < 1.29 is 23.9 Å². The average Bonchev–Trinajstić information content (AvgIpc) is 2.96. The van der Waals surface area contributed by atoms with Crippen LogP contribution in [-0.2, 0) is 14.4 Å². The van der Waals surface area contributed by atoms with Gasteiger partial charge < -0.3 is 9.64 Å². The smallest absolute Gasteiger partial charge is 0.349 e. The van der Waals surface area contributed by atoms with E-state index in [-0.39, 0.29) is 28.5 Å². The highest BCUT2D eigenvalue weighted by Gasteiger charge is 2.39. The largest absolute Gasteiger partial charge is 0.422 e. The van der Waals surface area contributed by atoms with E-state index in [2.05, 4.69) is 4.99 Å². The molecular formula is C23H15Cl2N3O5. The summed E-state index contributed by atoms with van der Waals surface area (Å²) in [6, 6.07) is 11.0. The summed E-state index contributed by atoms with van der Waals surface area (Å²) in [6.45, 7) is 1.21. The Balaban J connectivity index is 1.81. The predicted molar refractivity (Wildman–Crippen MR) is 122 cm³/mol. The Labute approximate surface area is 198 Å². The number of rotatable bonds is 2. The number of likely N-dealkylation sites (N-methyl/N-ethyl adjacent to an activating group) is 1. The number of esters is 1. The zero-order valence-electron chi connectivity index (χ0n) is 17.3. The molecule has 0 N–H and O–H groups in total. The predicted octanol–water partition coefficient (Wildman–Crippen LogP) is 3.70. The van der Waals surface area contributed by atoms with E-state index in [1.807, 2.05) is 0 Å². The molecule has 1 fully saturated rings. The van der Waals surface area contributed by atoms with Crippen LogP contribution in [0.25, 0.3) is 6.08 Å². The second kappa shape index (κ2) is 8.65. The van der Waals surface area contributed by atoms with E-state index in [9.17, 15) is 19.2 Å². The molecule has 0 bridgehead atoms. The number of carbonyl (C=O) groups excluding carboxylic acids is 4. The number of para-hydroxylation sites is 1. The van der Waals surface area contributed by atoms with Crippen molar-refractivity contribution in [3.8, 4) is 5.75 Å². The maximum Gasteiger partial charge on any atom is 0.349 e. The molecule has 8 nitrogen and oxygen atoms in total. The average molecular weight is 484 g/mol. The monoisotopic (exact) mass is 483 g/mol. The molecule has 2 aliphatic heterocycles. The van der Waals surface area contributed by atoms with Gasteiger partial charge in [-0.2, -0.15) is 4.99 Å². The Hall–Kier alpha value is -3.75. The number of ether oxygens (including phenoxy) is 1. The minimum atomic E-state index is -0.922. The van der Waals surface area contributed by atoms with Crippen molar-refractivity contribution in [2.75, 3.05) is 7.05 Å². The number of aliphatic imine (C=N–C) groups is 1. The maximum atomic E-state index is 13.3. The lowest BCUT2D eigenvalue weighted by Crippen LogP contribution is -2.33. The standard InChI is InChI=1S/C23H15Cl2N3O5/c1-12(29)26-23-27(2)18(9-13-7-8-14(24)10-17(13)25)21(31)28(23)11-16-20(30)15-5-3-4-6-19(15)33-22(16)32/h3-11H,1-2H3/b16-11-,18-9+,26-23?. The van der Waals surface area contributed by atoms with E-state index in [1.165, 1.54) is 43.1 Å². The topological polar surface area (TPSA) is 96.3 Å². The first-order valence-electron chi connectivity index (χ1n) is 9.58. The number of carbonyl (C=O) groups is 4. The van der Waals surface area contributed by atoms with Gasteiger partial charge in [0.05, 0.1) is 5.56 Å². The van der Waals surface area contributed by atoms with Gasteiger partial charge in [0.2, 0.25) is 17.6 Å². The number of ketones is 1. The molecule has 0 aromatic heterocycles. The summed E-state index contributed by atoms with van der Waals surface area (Å²) < 4.78 is 5.22. The summed E-state index contributed by atoms with van der Waals surface area (Å²) in [5.74, 6) is -2.70. The van der Waals surface area contributed by atoms with Crippen molar-refractivity contribution in [2.45, 2.75) is 6.92 Å². The van der Waals surface area contributed by atoms with Crippen LogP contribution in [0, 0.1) is 0 Å². The fourth-order valence-electron chi connectivity index (χ4n) is 3.31. The second-order valence-electron chi connectivity index (χ2n) is 7.12. The lowest BCUT2D eigenvalue weighted by molar-refractivity contribution is -0.130. The van der Waals surface area contributed by atoms with E-state index in [0.29, 0.717) is 15.6 Å². The molecule has 0 spiro atoms. The van der Waals surface area contributed by atoms with Gasteiger partial charge in [0.15, 0.2) is 0 Å². The molecule has 0 saturated carbocycles. The van der Waals surface area contributed by atoms with Crippen LogP contribution < -0.4 is 4.74 Å². The van der Waals surface area contributed by atoms with Crippen molar-refractivity contribution in [1.82, 2.24) is 9.80 Å². The Kier molecular flexibility index (Phi) is 5.88. The SMILES string of the molecule is CC(=O)N=C1N(/C=C2\C(=O)Oc3ccccc3C2=O)C(=O)/C(=C\c2ccc(Cl)cc2Cl)N1C. The maximum absolute atomic E-state index is 13.3. The number of hydrogen-bond donors (Lipinski definition) is 0. The van der Waals surface area contributed by atoms with Gasteiger partial charge in [-0.25, -0.2) is 4.79 Å². The molecule has 0 radical (unpaired) electrons. The molecule has 0 unspecified atom stereocenters. The van der Waals surface area contributed by atoms with Gasteiger partial charge in [-0.05, 0) is 35.9 Å². The number of amides is 2. The van der Waals surface area contributed by atoms with E-state index in [0.717, 1.165) is 11.1 Å². The van der Waals surface area contributed by atoms with Crippen LogP contribution >= 0.6 is 23.2 Å². The zero-order valence-corrected chi connectivity index (χ0v) is 18.8. The third kappa shape index (κ3) is 4.18. The molecule has 0 aliphatic carbocycles. The summed E-state index contributed by atoms with van der Waals surface area (Å²) in [4.78, 5) is 56.6. The summed E-state index contributed by atoms with van der Waals surface area (Å²) in [6.07, 6.45) is 2.52. The van der Waals surface area contributed by atoms with Crippen molar-refractivity contribution >= 4 is 58.8 Å². The van der Waals surface area contributed by atoms with Crippen LogP contribution in [0.2, 0.25) is 10.0 Å². The summed E-state index contributed by atoms with van der Waals surface area (Å²) in [5, 5.41) is 0.730. The Bertz CT molecular complexity index is 1330. The highest BCUT2D eigenvalue weighted by molar-refractivity contribution is 6.35. The molecule has 166 valence electrons. The van der Waals surface area contributed by atoms with Gasteiger partial charge in [0.1, 0.15) is 17.0 Å². The van der Waals surface area contributed by atoms with Crippen LogP contribution in [0.5, 0.6) is 5.75 Å². The Morgan fingerprint density at radius 1 is 1.09 bits per heavy atom. The number of guanidine groups is 1. The van der Waals surface area contributed by atoms with E-state index >= 15 is 0 Å². The molecule has 10 heteroatoms. The molecule has 1 saturated heterocycles. The zero-order chi connectivity index (χ0) is 23.9. The first-order chi connectivity index (χ1) is 15.7. The lowest BCUT2D eigenvalue weighted by atomic mass is 10.0. The van der Waals surface area contributed by atoms with Crippen molar-refractivity contribution in [1.29, 1.82) is 0 Å². The van der Waals surface area contributed by atoms with E-state index in [1.54, 1.807) is 24.3 Å². The van der Waals surface area contributed by atoms with Crippen molar-refractivity contribution in [3.05, 3.63) is 81.1 Å². The molecule has 4 rings (SSSR count). The second-order valence-corrected chi connectivity index (χ2v) is 7.96. The van der Waals surface area contributed by atoms with Gasteiger partial charge in [-0.3, -0.25) is 19.3 Å². The van der Waals surface area contributed by atoms with E-state index < -0.39 is 23.6 Å². The Morgan fingerprint density at radius 3 is 2.52 bits per heavy atom. The first-order valence-corrected chi connectivity index (χ1v) is 10.3. The normalized spacial score (nSPS) is 19.5. The number of fused-ring (bicyclic) bond motifs is 1. The molecular weight excluding hydrogens is 469 g/mol. The fraction of sp³-hybridized carbons (Fsp3) is 0.0870. The summed E-state index contributed by atoms with van der Waals surface area (Å²) in [7, 11) is 1.52.